The van der Waals surface area contributed by atoms with E-state index in [0.717, 1.165) is 0 Å². The summed E-state index contributed by atoms with van der Waals surface area (Å²) in [5, 5.41) is 12.0. The van der Waals surface area contributed by atoms with E-state index in [1.165, 1.54) is 12.1 Å². The van der Waals surface area contributed by atoms with Crippen LogP contribution in [0.3, 0.4) is 0 Å². The molecule has 0 spiro atoms. The zero-order chi connectivity index (χ0) is 13.0. The van der Waals surface area contributed by atoms with Gasteiger partial charge in [0.25, 0.3) is 0 Å². The lowest BCUT2D eigenvalue weighted by Crippen LogP contribution is -2.23. The van der Waals surface area contributed by atoms with E-state index in [9.17, 15) is 9.00 Å². The Morgan fingerprint density at radius 1 is 1.59 bits per heavy atom. The summed E-state index contributed by atoms with van der Waals surface area (Å²) in [6.45, 7) is 1.84. The summed E-state index contributed by atoms with van der Waals surface area (Å²) >= 11 is 0. The first-order valence-electron chi connectivity index (χ1n) is 5.09. The van der Waals surface area contributed by atoms with E-state index < -0.39 is 16.8 Å². The van der Waals surface area contributed by atoms with Gasteiger partial charge in [-0.3, -0.25) is 4.21 Å². The maximum Gasteiger partial charge on any atom is 0.337 e. The number of aromatic carboxylic acids is 1. The van der Waals surface area contributed by atoms with Gasteiger partial charge in [-0.05, 0) is 25.1 Å². The average Bonchev–Trinajstić information content (AvgIpc) is 2.15. The molecule has 0 fully saturated rings. The SMILES string of the molecule is CC(CS(C)=O)Nc1cc(N)ccc1C(=O)O. The van der Waals surface area contributed by atoms with Crippen LogP contribution < -0.4 is 11.1 Å². The smallest absolute Gasteiger partial charge is 0.337 e. The van der Waals surface area contributed by atoms with E-state index >= 15 is 0 Å². The van der Waals surface area contributed by atoms with Gasteiger partial charge in [-0.15, -0.1) is 0 Å². The monoisotopic (exact) mass is 256 g/mol. The molecular formula is C11H16N2O3S. The first-order valence-corrected chi connectivity index (χ1v) is 6.82. The maximum absolute atomic E-state index is 11.1. The molecule has 0 aromatic heterocycles. The Morgan fingerprint density at radius 3 is 2.76 bits per heavy atom. The Kier molecular flexibility index (Phi) is 4.51. The number of rotatable bonds is 5. The first kappa shape index (κ1) is 13.5. The molecule has 0 heterocycles. The van der Waals surface area contributed by atoms with E-state index in [2.05, 4.69) is 5.32 Å². The van der Waals surface area contributed by atoms with Crippen molar-refractivity contribution in [3.8, 4) is 0 Å². The van der Waals surface area contributed by atoms with Gasteiger partial charge in [0.1, 0.15) is 0 Å². The number of hydrogen-bond acceptors (Lipinski definition) is 4. The molecule has 2 atom stereocenters. The van der Waals surface area contributed by atoms with E-state index in [1.54, 1.807) is 12.3 Å². The molecule has 0 saturated carbocycles. The summed E-state index contributed by atoms with van der Waals surface area (Å²) in [5.74, 6) is -0.564. The third-order valence-corrected chi connectivity index (χ3v) is 3.13. The molecule has 17 heavy (non-hydrogen) atoms. The van der Waals surface area contributed by atoms with Crippen molar-refractivity contribution in [2.75, 3.05) is 23.1 Å². The Balaban J connectivity index is 2.92. The van der Waals surface area contributed by atoms with Crippen LogP contribution in [0.1, 0.15) is 17.3 Å². The molecule has 6 heteroatoms. The third-order valence-electron chi connectivity index (χ3n) is 2.16. The molecule has 2 unspecified atom stereocenters. The van der Waals surface area contributed by atoms with E-state index in [0.29, 0.717) is 17.1 Å². The number of anilines is 2. The summed E-state index contributed by atoms with van der Waals surface area (Å²) in [4.78, 5) is 11.0. The van der Waals surface area contributed by atoms with E-state index in [1.807, 2.05) is 6.92 Å². The van der Waals surface area contributed by atoms with Gasteiger partial charge >= 0.3 is 5.97 Å². The summed E-state index contributed by atoms with van der Waals surface area (Å²) in [7, 11) is -0.933. The lowest BCUT2D eigenvalue weighted by molar-refractivity contribution is 0.0698. The van der Waals surface area contributed by atoms with Crippen LogP contribution in [0.15, 0.2) is 18.2 Å². The summed E-state index contributed by atoms with van der Waals surface area (Å²) in [6.07, 6.45) is 1.61. The van der Waals surface area contributed by atoms with Gasteiger partial charge in [0, 0.05) is 34.5 Å². The number of nitrogens with one attached hydrogen (secondary N) is 1. The van der Waals surface area contributed by atoms with Crippen molar-refractivity contribution >= 4 is 28.1 Å². The first-order chi connectivity index (χ1) is 7.90. The normalized spacial score (nSPS) is 14.0. The number of hydrogen-bond donors (Lipinski definition) is 3. The van der Waals surface area contributed by atoms with Crippen LogP contribution in [-0.2, 0) is 10.8 Å². The number of nitrogens with two attached hydrogens (primary N) is 1. The molecule has 0 aliphatic carbocycles. The highest BCUT2D eigenvalue weighted by Gasteiger charge is 2.12. The molecule has 0 aliphatic heterocycles. The van der Waals surface area contributed by atoms with Crippen LogP contribution in [0.25, 0.3) is 0 Å². The van der Waals surface area contributed by atoms with Crippen molar-refractivity contribution in [3.05, 3.63) is 23.8 Å². The van der Waals surface area contributed by atoms with Crippen LogP contribution >= 0.6 is 0 Å². The highest BCUT2D eigenvalue weighted by atomic mass is 32.2. The Bertz CT molecular complexity index is 448. The van der Waals surface area contributed by atoms with Crippen molar-refractivity contribution in [2.24, 2.45) is 0 Å². The molecule has 5 nitrogen and oxygen atoms in total. The van der Waals surface area contributed by atoms with Gasteiger partial charge < -0.3 is 16.2 Å². The predicted octanol–water partition coefficient (Wildman–Crippen LogP) is 1.15. The summed E-state index contributed by atoms with van der Waals surface area (Å²) < 4.78 is 11.1. The van der Waals surface area contributed by atoms with Gasteiger partial charge in [0.05, 0.1) is 11.3 Å². The van der Waals surface area contributed by atoms with Crippen molar-refractivity contribution in [1.29, 1.82) is 0 Å². The lowest BCUT2D eigenvalue weighted by Gasteiger charge is -2.16. The molecule has 0 amide bonds. The van der Waals surface area contributed by atoms with E-state index in [4.69, 9.17) is 10.8 Å². The standard InChI is InChI=1S/C11H16N2O3S/c1-7(6-17(2)16)13-10-5-8(12)3-4-9(10)11(14)15/h3-5,7,13H,6,12H2,1-2H3,(H,14,15). The molecule has 0 radical (unpaired) electrons. The van der Waals surface area contributed by atoms with E-state index in [-0.39, 0.29) is 11.6 Å². The fourth-order valence-electron chi connectivity index (χ4n) is 1.53. The van der Waals surface area contributed by atoms with Crippen molar-refractivity contribution in [2.45, 2.75) is 13.0 Å². The highest BCUT2D eigenvalue weighted by Crippen LogP contribution is 2.20. The fraction of sp³-hybridized carbons (Fsp3) is 0.364. The topological polar surface area (TPSA) is 92.4 Å². The van der Waals surface area contributed by atoms with Gasteiger partial charge in [-0.2, -0.15) is 0 Å². The zero-order valence-electron chi connectivity index (χ0n) is 9.77. The molecule has 1 aromatic carbocycles. The fourth-order valence-corrected chi connectivity index (χ4v) is 2.31. The van der Waals surface area contributed by atoms with Crippen molar-refractivity contribution < 1.29 is 14.1 Å². The number of carboxylic acid groups (broad SMARTS) is 1. The second kappa shape index (κ2) is 5.67. The van der Waals surface area contributed by atoms with Crippen LogP contribution in [0.2, 0.25) is 0 Å². The maximum atomic E-state index is 11.1. The minimum absolute atomic E-state index is 0.0827. The largest absolute Gasteiger partial charge is 0.478 e. The lowest BCUT2D eigenvalue weighted by atomic mass is 10.1. The molecule has 0 saturated heterocycles. The Labute approximate surface area is 102 Å². The molecule has 1 rings (SSSR count). The molecular weight excluding hydrogens is 240 g/mol. The van der Waals surface area contributed by atoms with Crippen LogP contribution in [0.5, 0.6) is 0 Å². The van der Waals surface area contributed by atoms with Crippen molar-refractivity contribution in [3.63, 3.8) is 0 Å². The number of benzene rings is 1. The summed E-state index contributed by atoms with van der Waals surface area (Å²) in [5.41, 5.74) is 6.71. The van der Waals surface area contributed by atoms with Gasteiger partial charge in [0.2, 0.25) is 0 Å². The van der Waals surface area contributed by atoms with Crippen LogP contribution in [0.4, 0.5) is 11.4 Å². The van der Waals surface area contributed by atoms with Crippen molar-refractivity contribution in [1.82, 2.24) is 0 Å². The second-order valence-electron chi connectivity index (χ2n) is 3.90. The molecule has 4 N–H and O–H groups in total. The van der Waals surface area contributed by atoms with Gasteiger partial charge in [0.15, 0.2) is 0 Å². The average molecular weight is 256 g/mol. The minimum atomic E-state index is -1.02. The second-order valence-corrected chi connectivity index (χ2v) is 5.38. The predicted molar refractivity (Wildman–Crippen MR) is 69.8 cm³/mol. The van der Waals surface area contributed by atoms with Crippen LogP contribution in [0, 0.1) is 0 Å². The highest BCUT2D eigenvalue weighted by molar-refractivity contribution is 7.84. The van der Waals surface area contributed by atoms with Gasteiger partial charge in [-0.25, -0.2) is 4.79 Å². The van der Waals surface area contributed by atoms with Gasteiger partial charge in [-0.1, -0.05) is 0 Å². The Morgan fingerprint density at radius 2 is 2.24 bits per heavy atom. The minimum Gasteiger partial charge on any atom is -0.478 e. The molecule has 1 aromatic rings. The number of nitrogen functional groups attached to an aromatic ring is 1. The number of carboxylic acids is 1. The molecule has 94 valence electrons. The molecule has 0 aliphatic rings. The number of carbonyl (C=O) groups is 1. The summed E-state index contributed by atoms with van der Waals surface area (Å²) in [6, 6.07) is 4.48. The van der Waals surface area contributed by atoms with Crippen LogP contribution in [-0.4, -0.2) is 33.3 Å². The Hall–Kier alpha value is -1.56. The third kappa shape index (κ3) is 4.07. The zero-order valence-corrected chi connectivity index (χ0v) is 10.6. The quantitative estimate of drug-likeness (QED) is 0.687. The molecule has 0 bridgehead atoms.